The summed E-state index contributed by atoms with van der Waals surface area (Å²) in [5.74, 6) is 0.386. The second kappa shape index (κ2) is 6.54. The minimum Gasteiger partial charge on any atom is -0.354 e. The van der Waals surface area contributed by atoms with Crippen LogP contribution in [-0.2, 0) is 12.7 Å². The molecule has 4 nitrogen and oxygen atoms in total. The zero-order valence-electron chi connectivity index (χ0n) is 12.5. The third-order valence-electron chi connectivity index (χ3n) is 3.83. The first-order valence-corrected chi connectivity index (χ1v) is 7.44. The molecular weight excluding hydrogens is 305 g/mol. The lowest BCUT2D eigenvalue weighted by Gasteiger charge is -2.35. The molecule has 0 unspecified atom stereocenters. The largest absolute Gasteiger partial charge is 0.433 e. The lowest BCUT2D eigenvalue weighted by molar-refractivity contribution is -0.141. The summed E-state index contributed by atoms with van der Waals surface area (Å²) in [4.78, 5) is 12.2. The number of piperazine rings is 1. The van der Waals surface area contributed by atoms with Crippen molar-refractivity contribution in [2.45, 2.75) is 12.7 Å². The normalized spacial score (nSPS) is 16.6. The molecule has 1 aliphatic heterocycles. The molecule has 0 N–H and O–H groups in total. The average Bonchev–Trinajstić information content (AvgIpc) is 2.56. The van der Waals surface area contributed by atoms with Gasteiger partial charge in [-0.3, -0.25) is 9.88 Å². The number of aromatic nitrogens is 2. The molecule has 2 aromatic heterocycles. The number of anilines is 1. The third kappa shape index (κ3) is 3.98. The Balaban J connectivity index is 1.61. The van der Waals surface area contributed by atoms with E-state index in [1.807, 2.05) is 23.1 Å². The Kier molecular flexibility index (Phi) is 4.47. The van der Waals surface area contributed by atoms with E-state index in [1.165, 1.54) is 6.07 Å². The van der Waals surface area contributed by atoms with Gasteiger partial charge in [-0.15, -0.1) is 0 Å². The number of pyridine rings is 2. The molecule has 0 saturated carbocycles. The van der Waals surface area contributed by atoms with E-state index in [2.05, 4.69) is 14.9 Å². The standard InChI is InChI=1S/C16H17F3N4/c17-16(18,19)14-5-3-6-15(21-14)23-10-8-22(9-11-23)12-13-4-1-2-7-20-13/h1-7H,8-12H2. The lowest BCUT2D eigenvalue weighted by Crippen LogP contribution is -2.46. The highest BCUT2D eigenvalue weighted by Gasteiger charge is 2.33. The first-order chi connectivity index (χ1) is 11.0. The van der Waals surface area contributed by atoms with Crippen molar-refractivity contribution in [3.8, 4) is 0 Å². The van der Waals surface area contributed by atoms with E-state index >= 15 is 0 Å². The quantitative estimate of drug-likeness (QED) is 0.870. The van der Waals surface area contributed by atoms with Crippen LogP contribution >= 0.6 is 0 Å². The van der Waals surface area contributed by atoms with E-state index in [4.69, 9.17) is 0 Å². The van der Waals surface area contributed by atoms with Gasteiger partial charge in [0.1, 0.15) is 11.5 Å². The van der Waals surface area contributed by atoms with Crippen molar-refractivity contribution >= 4 is 5.82 Å². The van der Waals surface area contributed by atoms with Gasteiger partial charge in [0.25, 0.3) is 0 Å². The summed E-state index contributed by atoms with van der Waals surface area (Å²) in [6.45, 7) is 3.61. The minimum absolute atomic E-state index is 0.386. The number of hydrogen-bond donors (Lipinski definition) is 0. The summed E-state index contributed by atoms with van der Waals surface area (Å²) in [6, 6.07) is 9.84. The second-order valence-corrected chi connectivity index (χ2v) is 5.46. The summed E-state index contributed by atoms with van der Waals surface area (Å²) in [6.07, 6.45) is -2.64. The van der Waals surface area contributed by atoms with Gasteiger partial charge < -0.3 is 4.90 Å². The Bertz CT molecular complexity index is 637. The molecule has 23 heavy (non-hydrogen) atoms. The summed E-state index contributed by atoms with van der Waals surface area (Å²) in [5, 5.41) is 0. The Morgan fingerprint density at radius 3 is 2.39 bits per heavy atom. The highest BCUT2D eigenvalue weighted by molar-refractivity contribution is 5.40. The van der Waals surface area contributed by atoms with E-state index in [0.717, 1.165) is 31.4 Å². The van der Waals surface area contributed by atoms with E-state index in [1.54, 1.807) is 12.3 Å². The molecule has 0 aromatic carbocycles. The van der Waals surface area contributed by atoms with Gasteiger partial charge in [-0.05, 0) is 24.3 Å². The van der Waals surface area contributed by atoms with Gasteiger partial charge in [-0.1, -0.05) is 12.1 Å². The predicted octanol–water partition coefficient (Wildman–Crippen LogP) is 2.82. The van der Waals surface area contributed by atoms with E-state index in [0.29, 0.717) is 18.9 Å². The molecule has 1 fully saturated rings. The monoisotopic (exact) mass is 322 g/mol. The van der Waals surface area contributed by atoms with Crippen LogP contribution in [-0.4, -0.2) is 41.0 Å². The number of hydrogen-bond acceptors (Lipinski definition) is 4. The Labute approximate surface area is 132 Å². The Hall–Kier alpha value is -2.15. The molecule has 122 valence electrons. The third-order valence-corrected chi connectivity index (χ3v) is 3.83. The Morgan fingerprint density at radius 1 is 0.957 bits per heavy atom. The van der Waals surface area contributed by atoms with Gasteiger partial charge >= 0.3 is 6.18 Å². The SMILES string of the molecule is FC(F)(F)c1cccc(N2CCN(Cc3ccccn3)CC2)n1. The zero-order valence-corrected chi connectivity index (χ0v) is 12.5. The fraction of sp³-hybridized carbons (Fsp3) is 0.375. The summed E-state index contributed by atoms with van der Waals surface area (Å²) < 4.78 is 38.2. The molecule has 0 amide bonds. The molecule has 1 aliphatic rings. The minimum atomic E-state index is -4.41. The van der Waals surface area contributed by atoms with Gasteiger partial charge in [0, 0.05) is 38.9 Å². The van der Waals surface area contributed by atoms with Crippen LogP contribution in [0.1, 0.15) is 11.4 Å². The van der Waals surface area contributed by atoms with Crippen LogP contribution < -0.4 is 4.90 Å². The van der Waals surface area contributed by atoms with Crippen molar-refractivity contribution in [3.63, 3.8) is 0 Å². The van der Waals surface area contributed by atoms with Crippen molar-refractivity contribution < 1.29 is 13.2 Å². The van der Waals surface area contributed by atoms with Gasteiger partial charge in [0.15, 0.2) is 0 Å². The van der Waals surface area contributed by atoms with E-state index in [-0.39, 0.29) is 0 Å². The van der Waals surface area contributed by atoms with Crippen LogP contribution in [0.3, 0.4) is 0 Å². The second-order valence-electron chi connectivity index (χ2n) is 5.46. The molecular formula is C16H17F3N4. The first-order valence-electron chi connectivity index (χ1n) is 7.44. The van der Waals surface area contributed by atoms with Crippen molar-refractivity contribution in [1.82, 2.24) is 14.9 Å². The first kappa shape index (κ1) is 15.7. The number of nitrogens with zero attached hydrogens (tertiary/aromatic N) is 4. The van der Waals surface area contributed by atoms with Crippen LogP contribution in [0.4, 0.5) is 19.0 Å². The fourth-order valence-corrected chi connectivity index (χ4v) is 2.61. The summed E-state index contributed by atoms with van der Waals surface area (Å²) in [7, 11) is 0. The maximum absolute atomic E-state index is 12.7. The van der Waals surface area contributed by atoms with Crippen LogP contribution in [0.2, 0.25) is 0 Å². The maximum atomic E-state index is 12.7. The molecule has 0 spiro atoms. The van der Waals surface area contributed by atoms with Crippen molar-refractivity contribution in [2.24, 2.45) is 0 Å². The van der Waals surface area contributed by atoms with Crippen LogP contribution in [0.25, 0.3) is 0 Å². The number of halogens is 3. The summed E-state index contributed by atoms with van der Waals surface area (Å²) in [5.41, 5.74) is 0.157. The number of alkyl halides is 3. The smallest absolute Gasteiger partial charge is 0.354 e. The van der Waals surface area contributed by atoms with Crippen LogP contribution in [0.5, 0.6) is 0 Å². The van der Waals surface area contributed by atoms with Gasteiger partial charge in [-0.2, -0.15) is 13.2 Å². The van der Waals surface area contributed by atoms with Crippen LogP contribution in [0.15, 0.2) is 42.6 Å². The Morgan fingerprint density at radius 2 is 1.74 bits per heavy atom. The van der Waals surface area contributed by atoms with Gasteiger partial charge in [0.2, 0.25) is 0 Å². The predicted molar refractivity (Wildman–Crippen MR) is 81.0 cm³/mol. The molecule has 3 rings (SSSR count). The van der Waals surface area contributed by atoms with Crippen molar-refractivity contribution in [3.05, 3.63) is 54.0 Å². The molecule has 0 bridgehead atoms. The highest BCUT2D eigenvalue weighted by atomic mass is 19.4. The van der Waals surface area contributed by atoms with Crippen molar-refractivity contribution in [1.29, 1.82) is 0 Å². The molecule has 2 aromatic rings. The molecule has 7 heteroatoms. The van der Waals surface area contributed by atoms with Crippen molar-refractivity contribution in [2.75, 3.05) is 31.1 Å². The molecule has 1 saturated heterocycles. The lowest BCUT2D eigenvalue weighted by atomic mass is 10.2. The van der Waals surface area contributed by atoms with E-state index in [9.17, 15) is 13.2 Å². The van der Waals surface area contributed by atoms with E-state index < -0.39 is 11.9 Å². The summed E-state index contributed by atoms with van der Waals surface area (Å²) >= 11 is 0. The van der Waals surface area contributed by atoms with Gasteiger partial charge in [-0.25, -0.2) is 4.98 Å². The fourth-order valence-electron chi connectivity index (χ4n) is 2.61. The average molecular weight is 322 g/mol. The van der Waals surface area contributed by atoms with Crippen LogP contribution in [0, 0.1) is 0 Å². The maximum Gasteiger partial charge on any atom is 0.433 e. The molecule has 3 heterocycles. The molecule has 0 atom stereocenters. The molecule has 0 aliphatic carbocycles. The molecule has 0 radical (unpaired) electrons. The highest BCUT2D eigenvalue weighted by Crippen LogP contribution is 2.29. The number of rotatable bonds is 3. The van der Waals surface area contributed by atoms with Gasteiger partial charge in [0.05, 0.1) is 5.69 Å². The zero-order chi connectivity index (χ0) is 16.3. The topological polar surface area (TPSA) is 32.3 Å².